The van der Waals surface area contributed by atoms with Gasteiger partial charge in [0, 0.05) is 62.9 Å². The number of carbonyl (C=O) groups excluding carboxylic acids is 3. The molecule has 2 saturated heterocycles. The molecule has 0 unspecified atom stereocenters. The summed E-state index contributed by atoms with van der Waals surface area (Å²) in [6.45, 7) is 3.69. The van der Waals surface area contributed by atoms with Crippen molar-refractivity contribution in [2.24, 2.45) is 25.4 Å². The van der Waals surface area contributed by atoms with E-state index in [1.165, 1.54) is 11.6 Å². The highest BCUT2D eigenvalue weighted by atomic mass is 35.5. The van der Waals surface area contributed by atoms with Crippen LogP contribution in [0.1, 0.15) is 50.6 Å². The minimum absolute atomic E-state index is 0.0390. The average Bonchev–Trinajstić information content (AvgIpc) is 3.49. The highest BCUT2D eigenvalue weighted by molar-refractivity contribution is 6.33. The summed E-state index contributed by atoms with van der Waals surface area (Å²) in [5.74, 6) is 0.127. The lowest BCUT2D eigenvalue weighted by Crippen LogP contribution is -2.60. The number of rotatable bonds is 9. The van der Waals surface area contributed by atoms with Gasteiger partial charge in [-0.1, -0.05) is 30.7 Å². The zero-order chi connectivity index (χ0) is 38.6. The molecule has 17 heteroatoms. The zero-order valence-electron chi connectivity index (χ0n) is 31.0. The Morgan fingerprint density at radius 1 is 1.11 bits per heavy atom. The highest BCUT2D eigenvalue weighted by Gasteiger charge is 2.48. The Balaban J connectivity index is 0.925. The quantitative estimate of drug-likeness (QED) is 0.159. The molecule has 3 aliphatic rings. The summed E-state index contributed by atoms with van der Waals surface area (Å²) in [4.78, 5) is 64.9. The lowest BCUT2D eigenvalue weighted by atomic mass is 9.64. The second-order valence-electron chi connectivity index (χ2n) is 15.0. The molecular weight excluding hydrogens is 726 g/mol. The summed E-state index contributed by atoms with van der Waals surface area (Å²) in [5.41, 5.74) is 3.46. The number of aryl methyl sites for hydroxylation is 2. The van der Waals surface area contributed by atoms with Crippen LogP contribution in [0, 0.1) is 11.3 Å². The van der Waals surface area contributed by atoms with Gasteiger partial charge >= 0.3 is 0 Å². The Labute approximate surface area is 321 Å². The maximum absolute atomic E-state index is 12.8. The SMILES string of the molecule is CNC(=O)COc1cc2cc(Nc3nc(N4CC5(CC[C@H](Nc6cccc7c([C@H]8CCC(=O)NC8=O)nn(C)c67)[C@H](C)C5)C4)ncc3Cl)cnc2n(C)c1=O. The van der Waals surface area contributed by atoms with E-state index in [0.717, 1.165) is 48.9 Å². The summed E-state index contributed by atoms with van der Waals surface area (Å²) in [7, 11) is 4.99. The molecule has 3 fully saturated rings. The Bertz CT molecular complexity index is 2420. The predicted molar refractivity (Wildman–Crippen MR) is 208 cm³/mol. The molecule has 3 amide bonds. The second kappa shape index (κ2) is 14.1. The summed E-state index contributed by atoms with van der Waals surface area (Å²) in [5, 5.41) is 18.7. The van der Waals surface area contributed by atoms with Gasteiger partial charge in [-0.15, -0.1) is 0 Å². The Morgan fingerprint density at radius 3 is 2.69 bits per heavy atom. The Morgan fingerprint density at radius 2 is 1.93 bits per heavy atom. The maximum atomic E-state index is 12.8. The number of para-hydroxylation sites is 1. The fourth-order valence-electron chi connectivity index (χ4n) is 8.42. The number of likely N-dealkylation sites (N-methyl/N-ethyl adjacent to an activating group) is 1. The second-order valence-corrected chi connectivity index (χ2v) is 15.4. The van der Waals surface area contributed by atoms with Crippen LogP contribution in [0.5, 0.6) is 5.75 Å². The van der Waals surface area contributed by atoms with Crippen LogP contribution in [-0.4, -0.2) is 79.8 Å². The number of carbonyl (C=O) groups is 3. The molecule has 4 aromatic heterocycles. The van der Waals surface area contributed by atoms with Crippen LogP contribution >= 0.6 is 11.6 Å². The van der Waals surface area contributed by atoms with E-state index in [0.29, 0.717) is 58.0 Å². The van der Waals surface area contributed by atoms with Crippen LogP contribution in [0.2, 0.25) is 5.02 Å². The number of aromatic nitrogens is 6. The Kier molecular flexibility index (Phi) is 9.31. The number of benzene rings is 1. The number of piperidine rings is 1. The van der Waals surface area contributed by atoms with E-state index in [1.807, 2.05) is 29.9 Å². The molecule has 6 heterocycles. The molecule has 1 spiro atoms. The standard InChI is InChI=1S/C38H42ClN11O5/c1-20-14-38(11-10-26(20)44-27-7-5-6-23-31(47-49(4)32(23)27)24-8-9-29(51)45-35(24)53)18-50(19-38)37-42-16-25(39)33(46-37)43-22-12-21-13-28(55-17-30(52)40-2)36(54)48(3)34(21)41-15-22/h5-7,12-13,15-16,20,24,26,44H,8-11,14,17-19H2,1-4H3,(H,40,52)(H,42,43,46)(H,45,51,53)/t20-,24-,26+/m1/s1. The number of hydrogen-bond donors (Lipinski definition) is 4. The first-order valence-corrected chi connectivity index (χ1v) is 18.7. The molecule has 286 valence electrons. The van der Waals surface area contributed by atoms with Crippen molar-refractivity contribution >= 4 is 74.4 Å². The van der Waals surface area contributed by atoms with Gasteiger partial charge in [-0.3, -0.25) is 33.7 Å². The molecule has 4 N–H and O–H groups in total. The molecule has 1 saturated carbocycles. The van der Waals surface area contributed by atoms with Crippen molar-refractivity contribution in [1.82, 2.24) is 39.9 Å². The van der Waals surface area contributed by atoms with E-state index in [4.69, 9.17) is 26.4 Å². The van der Waals surface area contributed by atoms with Crippen LogP contribution in [0.3, 0.4) is 0 Å². The Hall–Kier alpha value is -5.77. The van der Waals surface area contributed by atoms with Gasteiger partial charge in [0.1, 0.15) is 10.7 Å². The van der Waals surface area contributed by atoms with Crippen molar-refractivity contribution in [3.63, 3.8) is 0 Å². The molecular formula is C38H42ClN11O5. The number of amides is 3. The van der Waals surface area contributed by atoms with Gasteiger partial charge in [0.05, 0.1) is 40.9 Å². The van der Waals surface area contributed by atoms with Crippen molar-refractivity contribution in [2.45, 2.75) is 51.0 Å². The number of fused-ring (bicyclic) bond motifs is 2. The third-order valence-electron chi connectivity index (χ3n) is 11.2. The van der Waals surface area contributed by atoms with Crippen molar-refractivity contribution < 1.29 is 19.1 Å². The summed E-state index contributed by atoms with van der Waals surface area (Å²) < 4.78 is 8.70. The first-order chi connectivity index (χ1) is 26.4. The fourth-order valence-corrected chi connectivity index (χ4v) is 8.56. The van der Waals surface area contributed by atoms with Crippen LogP contribution in [0.15, 0.2) is 47.5 Å². The van der Waals surface area contributed by atoms with Gasteiger partial charge in [-0.05, 0) is 49.8 Å². The molecule has 2 aliphatic heterocycles. The number of nitrogens with one attached hydrogen (secondary N) is 4. The molecule has 3 atom stereocenters. The van der Waals surface area contributed by atoms with Crippen molar-refractivity contribution in [2.75, 3.05) is 42.3 Å². The lowest BCUT2D eigenvalue weighted by molar-refractivity contribution is -0.134. The largest absolute Gasteiger partial charge is 0.478 e. The topological polar surface area (TPSA) is 190 Å². The van der Waals surface area contributed by atoms with Crippen LogP contribution in [-0.2, 0) is 28.5 Å². The van der Waals surface area contributed by atoms with Crippen LogP contribution < -0.4 is 36.5 Å². The zero-order valence-corrected chi connectivity index (χ0v) is 31.7. The number of halogens is 1. The van der Waals surface area contributed by atoms with E-state index in [1.54, 1.807) is 25.5 Å². The molecule has 1 aliphatic carbocycles. The van der Waals surface area contributed by atoms with E-state index in [2.05, 4.69) is 49.1 Å². The van der Waals surface area contributed by atoms with Crippen molar-refractivity contribution in [3.05, 3.63) is 63.8 Å². The predicted octanol–water partition coefficient (Wildman–Crippen LogP) is 3.76. The highest BCUT2D eigenvalue weighted by Crippen LogP contribution is 2.48. The van der Waals surface area contributed by atoms with Gasteiger partial charge in [0.15, 0.2) is 18.2 Å². The minimum Gasteiger partial charge on any atom is -0.478 e. The number of hydrogen-bond acceptors (Lipinski definition) is 12. The average molecular weight is 768 g/mol. The van der Waals surface area contributed by atoms with Crippen molar-refractivity contribution in [1.29, 1.82) is 0 Å². The number of anilines is 4. The number of ether oxygens (including phenoxy) is 1. The summed E-state index contributed by atoms with van der Waals surface area (Å²) in [6, 6.07) is 9.71. The third kappa shape index (κ3) is 6.79. The lowest BCUT2D eigenvalue weighted by Gasteiger charge is -2.55. The molecule has 16 nitrogen and oxygen atoms in total. The first kappa shape index (κ1) is 36.2. The van der Waals surface area contributed by atoms with E-state index >= 15 is 0 Å². The van der Waals surface area contributed by atoms with E-state index in [-0.39, 0.29) is 41.5 Å². The van der Waals surface area contributed by atoms with Gasteiger partial charge in [-0.25, -0.2) is 9.97 Å². The normalized spacial score (nSPS) is 20.7. The van der Waals surface area contributed by atoms with Gasteiger partial charge in [0.25, 0.3) is 11.5 Å². The number of nitrogens with zero attached hydrogens (tertiary/aromatic N) is 7. The van der Waals surface area contributed by atoms with Crippen LogP contribution in [0.25, 0.3) is 21.9 Å². The summed E-state index contributed by atoms with van der Waals surface area (Å²) in [6.07, 6.45) is 7.05. The number of pyridine rings is 2. The molecule has 8 rings (SSSR count). The van der Waals surface area contributed by atoms with Crippen LogP contribution in [0.4, 0.5) is 23.1 Å². The van der Waals surface area contributed by atoms with Crippen molar-refractivity contribution in [3.8, 4) is 5.75 Å². The molecule has 0 bridgehead atoms. The number of imide groups is 1. The molecule has 1 aromatic carbocycles. The molecule has 55 heavy (non-hydrogen) atoms. The first-order valence-electron chi connectivity index (χ1n) is 18.4. The van der Waals surface area contributed by atoms with Gasteiger partial charge in [-0.2, -0.15) is 10.1 Å². The maximum Gasteiger partial charge on any atom is 0.294 e. The molecule has 5 aromatic rings. The summed E-state index contributed by atoms with van der Waals surface area (Å²) >= 11 is 6.56. The third-order valence-corrected chi connectivity index (χ3v) is 11.5. The monoisotopic (exact) mass is 767 g/mol. The fraction of sp³-hybridized carbons (Fsp3) is 0.421. The molecule has 0 radical (unpaired) electrons. The smallest absolute Gasteiger partial charge is 0.294 e. The van der Waals surface area contributed by atoms with E-state index < -0.39 is 11.5 Å². The van der Waals surface area contributed by atoms with E-state index in [9.17, 15) is 19.2 Å². The van der Waals surface area contributed by atoms with Gasteiger partial charge in [0.2, 0.25) is 17.8 Å². The van der Waals surface area contributed by atoms with Gasteiger partial charge < -0.3 is 25.6 Å². The minimum atomic E-state index is -0.450.